The van der Waals surface area contributed by atoms with Crippen LogP contribution in [0.5, 0.6) is 0 Å². The Hall–Kier alpha value is -1.12. The molecule has 0 amide bonds. The molecule has 1 aliphatic carbocycles. The summed E-state index contributed by atoms with van der Waals surface area (Å²) in [5, 5.41) is 0. The molecule has 0 aromatic heterocycles. The van der Waals surface area contributed by atoms with Crippen LogP contribution in [0.3, 0.4) is 0 Å². The minimum atomic E-state index is -0.736. The predicted octanol–water partition coefficient (Wildman–Crippen LogP) is 5.05. The third-order valence-corrected chi connectivity index (χ3v) is 6.06. The van der Waals surface area contributed by atoms with Crippen LogP contribution in [0.2, 0.25) is 0 Å². The second-order valence-electron chi connectivity index (χ2n) is 8.15. The fourth-order valence-electron chi connectivity index (χ4n) is 4.54. The maximum absolute atomic E-state index is 6.81. The van der Waals surface area contributed by atoms with Gasteiger partial charge >= 0.3 is 0 Å². The molecule has 2 nitrogen and oxygen atoms in total. The maximum atomic E-state index is 6.81. The van der Waals surface area contributed by atoms with Crippen molar-refractivity contribution in [2.24, 2.45) is 34.1 Å². The van der Waals surface area contributed by atoms with Crippen molar-refractivity contribution in [2.75, 3.05) is 0 Å². The number of rotatable bonds is 3. The van der Waals surface area contributed by atoms with E-state index in [9.17, 15) is 0 Å². The first-order valence-corrected chi connectivity index (χ1v) is 8.41. The van der Waals surface area contributed by atoms with Crippen LogP contribution in [0.1, 0.15) is 61.0 Å². The third-order valence-electron chi connectivity index (χ3n) is 6.06. The first-order valence-electron chi connectivity index (χ1n) is 8.41. The smallest absolute Gasteiger partial charge is 0.0790 e. The Morgan fingerprint density at radius 2 is 1.39 bits per heavy atom. The molecule has 0 saturated heterocycles. The molecular formula is C21H36N2. The summed E-state index contributed by atoms with van der Waals surface area (Å²) in [4.78, 5) is 0. The molecule has 130 valence electrons. The van der Waals surface area contributed by atoms with Crippen molar-refractivity contribution in [2.45, 2.75) is 61.1 Å². The molecule has 1 aromatic rings. The van der Waals surface area contributed by atoms with Gasteiger partial charge in [0.15, 0.2) is 0 Å². The average Bonchev–Trinajstić information content (AvgIpc) is 2.41. The number of hydrogen-bond acceptors (Lipinski definition) is 2. The first-order chi connectivity index (χ1) is 10.1. The lowest BCUT2D eigenvalue weighted by Gasteiger charge is -2.61. The Kier molecular flexibility index (Phi) is 5.55. The summed E-state index contributed by atoms with van der Waals surface area (Å²) in [6.07, 6.45) is 3.23. The summed E-state index contributed by atoms with van der Waals surface area (Å²) in [6, 6.07) is 10.6. The van der Waals surface area contributed by atoms with Gasteiger partial charge < -0.3 is 11.5 Å². The van der Waals surface area contributed by atoms with Gasteiger partial charge in [-0.15, -0.1) is 0 Å². The van der Waals surface area contributed by atoms with Gasteiger partial charge in [0.05, 0.1) is 5.66 Å². The van der Waals surface area contributed by atoms with Crippen molar-refractivity contribution in [3.05, 3.63) is 42.0 Å². The van der Waals surface area contributed by atoms with E-state index in [1.165, 1.54) is 11.1 Å². The van der Waals surface area contributed by atoms with E-state index in [1.807, 2.05) is 0 Å². The van der Waals surface area contributed by atoms with Gasteiger partial charge in [-0.25, -0.2) is 0 Å². The van der Waals surface area contributed by atoms with E-state index in [2.05, 4.69) is 78.0 Å². The van der Waals surface area contributed by atoms with Crippen molar-refractivity contribution in [3.63, 3.8) is 0 Å². The Balaban J connectivity index is 0.00000264. The lowest BCUT2D eigenvalue weighted by Crippen LogP contribution is -2.74. The van der Waals surface area contributed by atoms with E-state index in [0.29, 0.717) is 11.8 Å². The van der Waals surface area contributed by atoms with E-state index < -0.39 is 5.66 Å². The van der Waals surface area contributed by atoms with Crippen LogP contribution in [-0.2, 0) is 0 Å². The van der Waals surface area contributed by atoms with Gasteiger partial charge in [-0.3, -0.25) is 0 Å². The number of benzene rings is 1. The molecule has 0 saturated carbocycles. The maximum Gasteiger partial charge on any atom is 0.0790 e. The van der Waals surface area contributed by atoms with E-state index in [0.717, 1.165) is 6.42 Å². The summed E-state index contributed by atoms with van der Waals surface area (Å²) in [6.45, 7) is 13.4. The van der Waals surface area contributed by atoms with Crippen molar-refractivity contribution >= 4 is 5.57 Å². The lowest BCUT2D eigenvalue weighted by molar-refractivity contribution is -0.0444. The molecular weight excluding hydrogens is 280 g/mol. The molecule has 0 bridgehead atoms. The highest BCUT2D eigenvalue weighted by molar-refractivity contribution is 5.69. The van der Waals surface area contributed by atoms with Crippen LogP contribution in [0, 0.1) is 22.7 Å². The highest BCUT2D eigenvalue weighted by atomic mass is 15.0. The standard InChI is InChI=1S/C20H32N2.CH4/c1-14(2)19(15(3)4)13-17(16-10-8-7-9-11-16)12-18(5,6)20(19,21)22;/h7-12,14-15H,13,21-22H2,1-6H3;1H4. The second kappa shape index (κ2) is 6.41. The summed E-state index contributed by atoms with van der Waals surface area (Å²) < 4.78 is 0. The summed E-state index contributed by atoms with van der Waals surface area (Å²) in [5.41, 5.74) is 15.2. The molecule has 1 aromatic carbocycles. The van der Waals surface area contributed by atoms with E-state index in [1.54, 1.807) is 0 Å². The van der Waals surface area contributed by atoms with E-state index >= 15 is 0 Å². The largest absolute Gasteiger partial charge is 0.312 e. The minimum absolute atomic E-state index is 0. The Morgan fingerprint density at radius 3 is 1.83 bits per heavy atom. The first kappa shape index (κ1) is 19.9. The number of allylic oxidation sites excluding steroid dienone is 1. The molecule has 1 aliphatic rings. The predicted molar refractivity (Wildman–Crippen MR) is 103 cm³/mol. The molecule has 2 heteroatoms. The van der Waals surface area contributed by atoms with Crippen LogP contribution in [-0.4, -0.2) is 5.66 Å². The van der Waals surface area contributed by atoms with Gasteiger partial charge in [0.25, 0.3) is 0 Å². The number of hydrogen-bond donors (Lipinski definition) is 2. The summed E-state index contributed by atoms with van der Waals surface area (Å²) in [5.74, 6) is 0.823. The molecule has 0 fully saturated rings. The van der Waals surface area contributed by atoms with Crippen molar-refractivity contribution in [1.29, 1.82) is 0 Å². The second-order valence-corrected chi connectivity index (χ2v) is 8.15. The van der Waals surface area contributed by atoms with Crippen LogP contribution in [0.4, 0.5) is 0 Å². The van der Waals surface area contributed by atoms with Gasteiger partial charge in [-0.2, -0.15) is 0 Å². The fraction of sp³-hybridized carbons (Fsp3) is 0.619. The molecule has 23 heavy (non-hydrogen) atoms. The Bertz CT molecular complexity index is 542. The molecule has 2 rings (SSSR count). The van der Waals surface area contributed by atoms with E-state index in [4.69, 9.17) is 11.5 Å². The monoisotopic (exact) mass is 316 g/mol. The average molecular weight is 317 g/mol. The number of nitrogens with two attached hydrogens (primary N) is 2. The van der Waals surface area contributed by atoms with Gasteiger partial charge in [-0.1, -0.05) is 85.4 Å². The van der Waals surface area contributed by atoms with Crippen LogP contribution in [0.15, 0.2) is 36.4 Å². The molecule has 0 heterocycles. The van der Waals surface area contributed by atoms with Crippen LogP contribution in [0.25, 0.3) is 5.57 Å². The summed E-state index contributed by atoms with van der Waals surface area (Å²) >= 11 is 0. The van der Waals surface area contributed by atoms with Crippen LogP contribution < -0.4 is 11.5 Å². The Labute approximate surface area is 143 Å². The zero-order valence-electron chi connectivity index (χ0n) is 15.0. The SMILES string of the molecule is C.CC(C)C1(C(C)C)CC(c2ccccc2)=CC(C)(C)C1(N)N. The van der Waals surface area contributed by atoms with Crippen molar-refractivity contribution in [1.82, 2.24) is 0 Å². The summed E-state index contributed by atoms with van der Waals surface area (Å²) in [7, 11) is 0. The highest BCUT2D eigenvalue weighted by Gasteiger charge is 2.59. The van der Waals surface area contributed by atoms with Gasteiger partial charge in [0, 0.05) is 10.8 Å². The van der Waals surface area contributed by atoms with Gasteiger partial charge in [0.1, 0.15) is 0 Å². The topological polar surface area (TPSA) is 52.0 Å². The fourth-order valence-corrected chi connectivity index (χ4v) is 4.54. The lowest BCUT2D eigenvalue weighted by atomic mass is 9.49. The molecule has 4 N–H and O–H groups in total. The van der Waals surface area contributed by atoms with Crippen molar-refractivity contribution < 1.29 is 0 Å². The normalized spacial score (nSPS) is 21.7. The van der Waals surface area contributed by atoms with Gasteiger partial charge in [-0.05, 0) is 29.4 Å². The minimum Gasteiger partial charge on any atom is -0.312 e. The third kappa shape index (κ3) is 2.88. The Morgan fingerprint density at radius 1 is 0.913 bits per heavy atom. The molecule has 0 unspecified atom stereocenters. The van der Waals surface area contributed by atoms with Crippen molar-refractivity contribution in [3.8, 4) is 0 Å². The molecule has 0 aliphatic heterocycles. The molecule has 0 atom stereocenters. The molecule has 0 spiro atoms. The zero-order chi connectivity index (χ0) is 16.8. The quantitative estimate of drug-likeness (QED) is 0.767. The molecule has 0 radical (unpaired) electrons. The zero-order valence-corrected chi connectivity index (χ0v) is 15.0. The highest BCUT2D eigenvalue weighted by Crippen LogP contribution is 2.58. The van der Waals surface area contributed by atoms with E-state index in [-0.39, 0.29) is 18.3 Å². The van der Waals surface area contributed by atoms with Crippen LogP contribution >= 0.6 is 0 Å². The van der Waals surface area contributed by atoms with Gasteiger partial charge in [0.2, 0.25) is 0 Å².